The average Bonchev–Trinajstić information content (AvgIpc) is 2.21. The lowest BCUT2D eigenvalue weighted by atomic mass is 10.3. The summed E-state index contributed by atoms with van der Waals surface area (Å²) in [5, 5.41) is 0.360. The molecule has 0 fully saturated rings. The van der Waals surface area contributed by atoms with E-state index in [1.54, 1.807) is 26.2 Å². The molecule has 6 heteroatoms. The fourth-order valence-corrected chi connectivity index (χ4v) is 2.58. The maximum absolute atomic E-state index is 11.9. The normalized spacial score (nSPS) is 12.2. The van der Waals surface area contributed by atoms with Gasteiger partial charge in [0.2, 0.25) is 5.91 Å². The van der Waals surface area contributed by atoms with Crippen molar-refractivity contribution in [3.8, 4) is 0 Å². The minimum absolute atomic E-state index is 0.0871. The third-order valence-electron chi connectivity index (χ3n) is 1.95. The van der Waals surface area contributed by atoms with Crippen LogP contribution in [0.4, 0.5) is 5.69 Å². The molecule has 1 atom stereocenters. The molecular formula is C10H13ClN2O2S. The van der Waals surface area contributed by atoms with Crippen molar-refractivity contribution >= 4 is 34.0 Å². The van der Waals surface area contributed by atoms with Crippen LogP contribution in [-0.2, 0) is 15.6 Å². The van der Waals surface area contributed by atoms with Gasteiger partial charge >= 0.3 is 0 Å². The van der Waals surface area contributed by atoms with Gasteiger partial charge < -0.3 is 10.6 Å². The van der Waals surface area contributed by atoms with E-state index in [1.165, 1.54) is 11.0 Å². The number of halogens is 1. The van der Waals surface area contributed by atoms with Crippen LogP contribution in [0.25, 0.3) is 0 Å². The number of amides is 1. The highest BCUT2D eigenvalue weighted by atomic mass is 35.5. The molecule has 0 spiro atoms. The molecule has 16 heavy (non-hydrogen) atoms. The molecule has 1 rings (SSSR count). The smallest absolute Gasteiger partial charge is 0.235 e. The standard InChI is InChI=1S/C10H13ClN2O2S/c1-13(2)10(14)6-16(15)9-5-7(12)3-4-8(9)11/h3-5H,6,12H2,1-2H3. The molecule has 1 aromatic carbocycles. The molecule has 4 nitrogen and oxygen atoms in total. The van der Waals surface area contributed by atoms with E-state index in [9.17, 15) is 9.00 Å². The van der Waals surface area contributed by atoms with E-state index in [2.05, 4.69) is 0 Å². The van der Waals surface area contributed by atoms with E-state index in [0.717, 1.165) is 0 Å². The summed E-state index contributed by atoms with van der Waals surface area (Å²) >= 11 is 5.88. The molecule has 0 aliphatic heterocycles. The van der Waals surface area contributed by atoms with Crippen molar-refractivity contribution in [2.45, 2.75) is 4.90 Å². The molecule has 0 aliphatic carbocycles. The molecule has 0 radical (unpaired) electrons. The van der Waals surface area contributed by atoms with E-state index in [1.807, 2.05) is 0 Å². The summed E-state index contributed by atoms with van der Waals surface area (Å²) < 4.78 is 11.9. The second-order valence-electron chi connectivity index (χ2n) is 3.47. The highest BCUT2D eigenvalue weighted by Crippen LogP contribution is 2.22. The quantitative estimate of drug-likeness (QED) is 0.829. The van der Waals surface area contributed by atoms with Crippen molar-refractivity contribution in [1.29, 1.82) is 0 Å². The molecule has 0 saturated carbocycles. The first kappa shape index (κ1) is 13.0. The van der Waals surface area contributed by atoms with E-state index in [-0.39, 0.29) is 11.7 Å². The van der Waals surface area contributed by atoms with Gasteiger partial charge in [0.1, 0.15) is 5.75 Å². The van der Waals surface area contributed by atoms with Gasteiger partial charge in [0.05, 0.1) is 20.7 Å². The van der Waals surface area contributed by atoms with Crippen molar-refractivity contribution in [1.82, 2.24) is 4.90 Å². The fraction of sp³-hybridized carbons (Fsp3) is 0.300. The zero-order chi connectivity index (χ0) is 12.3. The minimum atomic E-state index is -1.46. The molecule has 0 saturated heterocycles. The predicted octanol–water partition coefficient (Wildman–Crippen LogP) is 1.12. The predicted molar refractivity (Wildman–Crippen MR) is 65.8 cm³/mol. The van der Waals surface area contributed by atoms with Gasteiger partial charge in [-0.05, 0) is 18.2 Å². The number of hydrogen-bond donors (Lipinski definition) is 1. The fourth-order valence-electron chi connectivity index (χ4n) is 1.01. The van der Waals surface area contributed by atoms with Crippen LogP contribution in [0.5, 0.6) is 0 Å². The van der Waals surface area contributed by atoms with E-state index < -0.39 is 10.8 Å². The van der Waals surface area contributed by atoms with Crippen molar-refractivity contribution < 1.29 is 9.00 Å². The third-order valence-corrected chi connectivity index (χ3v) is 3.73. The first-order valence-corrected chi connectivity index (χ1v) is 6.25. The number of carbonyl (C=O) groups excluding carboxylic acids is 1. The molecule has 2 N–H and O–H groups in total. The Morgan fingerprint density at radius 3 is 2.69 bits per heavy atom. The Morgan fingerprint density at radius 2 is 2.12 bits per heavy atom. The van der Waals surface area contributed by atoms with Gasteiger partial charge in [-0.15, -0.1) is 0 Å². The maximum Gasteiger partial charge on any atom is 0.235 e. The van der Waals surface area contributed by atoms with Crippen molar-refractivity contribution in [3.05, 3.63) is 23.2 Å². The number of carbonyl (C=O) groups is 1. The summed E-state index contributed by atoms with van der Waals surface area (Å²) in [7, 11) is 1.76. The van der Waals surface area contributed by atoms with Gasteiger partial charge in [-0.25, -0.2) is 0 Å². The van der Waals surface area contributed by atoms with Crippen LogP contribution in [0.2, 0.25) is 5.02 Å². The molecule has 1 aromatic rings. The zero-order valence-electron chi connectivity index (χ0n) is 9.07. The average molecular weight is 261 g/mol. The highest BCUT2D eigenvalue weighted by Gasteiger charge is 2.14. The molecule has 1 unspecified atom stereocenters. The van der Waals surface area contributed by atoms with Crippen LogP contribution < -0.4 is 5.73 Å². The highest BCUT2D eigenvalue weighted by molar-refractivity contribution is 7.85. The number of anilines is 1. The van der Waals surface area contributed by atoms with Crippen LogP contribution in [-0.4, -0.2) is 34.9 Å². The minimum Gasteiger partial charge on any atom is -0.399 e. The third kappa shape index (κ3) is 3.21. The SMILES string of the molecule is CN(C)C(=O)CS(=O)c1cc(N)ccc1Cl. The summed E-state index contributed by atoms with van der Waals surface area (Å²) in [4.78, 5) is 13.2. The van der Waals surface area contributed by atoms with Gasteiger partial charge in [0, 0.05) is 19.8 Å². The largest absolute Gasteiger partial charge is 0.399 e. The Morgan fingerprint density at radius 1 is 1.50 bits per heavy atom. The first-order chi connectivity index (χ1) is 7.41. The lowest BCUT2D eigenvalue weighted by molar-refractivity contribution is -0.125. The van der Waals surface area contributed by atoms with E-state index >= 15 is 0 Å². The first-order valence-electron chi connectivity index (χ1n) is 4.55. The van der Waals surface area contributed by atoms with Crippen LogP contribution in [0, 0.1) is 0 Å². The molecule has 0 aromatic heterocycles. The summed E-state index contributed by atoms with van der Waals surface area (Å²) in [5.41, 5.74) is 6.04. The van der Waals surface area contributed by atoms with Crippen molar-refractivity contribution in [2.75, 3.05) is 25.6 Å². The molecule has 88 valence electrons. The monoisotopic (exact) mass is 260 g/mol. The van der Waals surface area contributed by atoms with Crippen LogP contribution >= 0.6 is 11.6 Å². The van der Waals surface area contributed by atoms with Gasteiger partial charge in [0.15, 0.2) is 0 Å². The Hall–Kier alpha value is -1.07. The zero-order valence-corrected chi connectivity index (χ0v) is 10.6. The maximum atomic E-state index is 11.9. The summed E-state index contributed by atoms with van der Waals surface area (Å²) in [6.07, 6.45) is 0. The van der Waals surface area contributed by atoms with E-state index in [0.29, 0.717) is 15.6 Å². The van der Waals surface area contributed by atoms with Crippen molar-refractivity contribution in [3.63, 3.8) is 0 Å². The van der Waals surface area contributed by atoms with Gasteiger partial charge in [-0.2, -0.15) is 0 Å². The number of nitrogens with two attached hydrogens (primary N) is 1. The van der Waals surface area contributed by atoms with Crippen LogP contribution in [0.1, 0.15) is 0 Å². The van der Waals surface area contributed by atoms with Crippen LogP contribution in [0.15, 0.2) is 23.1 Å². The van der Waals surface area contributed by atoms with Gasteiger partial charge in [-0.1, -0.05) is 11.6 Å². The Balaban J connectivity index is 2.88. The topological polar surface area (TPSA) is 63.4 Å². The van der Waals surface area contributed by atoms with Crippen molar-refractivity contribution in [2.24, 2.45) is 0 Å². The second kappa shape index (κ2) is 5.32. The molecular weight excluding hydrogens is 248 g/mol. The number of nitrogen functional groups attached to an aromatic ring is 1. The van der Waals surface area contributed by atoms with Gasteiger partial charge in [0.25, 0.3) is 0 Å². The lowest BCUT2D eigenvalue weighted by Crippen LogP contribution is -2.27. The molecule has 0 bridgehead atoms. The van der Waals surface area contributed by atoms with E-state index in [4.69, 9.17) is 17.3 Å². The number of benzene rings is 1. The van der Waals surface area contributed by atoms with Crippen LogP contribution in [0.3, 0.4) is 0 Å². The number of rotatable bonds is 3. The molecule has 0 heterocycles. The Bertz CT molecular complexity index is 435. The second-order valence-corrected chi connectivity index (χ2v) is 5.29. The Labute approximate surface area is 102 Å². The molecule has 1 amide bonds. The van der Waals surface area contributed by atoms with Gasteiger partial charge in [-0.3, -0.25) is 9.00 Å². The summed E-state index contributed by atoms with van der Waals surface area (Å²) in [5.74, 6) is -0.298. The summed E-state index contributed by atoms with van der Waals surface area (Å²) in [6.45, 7) is 0. The number of nitrogens with zero attached hydrogens (tertiary/aromatic N) is 1. The number of hydrogen-bond acceptors (Lipinski definition) is 3. The lowest BCUT2D eigenvalue weighted by Gasteiger charge is -2.10. The summed E-state index contributed by atoms with van der Waals surface area (Å²) in [6, 6.07) is 4.72. The Kier molecular flexibility index (Phi) is 4.32. The molecule has 0 aliphatic rings.